The zero-order valence-electron chi connectivity index (χ0n) is 8.50. The van der Waals surface area contributed by atoms with E-state index in [9.17, 15) is 4.21 Å². The van der Waals surface area contributed by atoms with Gasteiger partial charge in [-0.15, -0.1) is 0 Å². The van der Waals surface area contributed by atoms with E-state index in [1.54, 1.807) is 0 Å². The Kier molecular flexibility index (Phi) is 4.13. The fourth-order valence-electron chi connectivity index (χ4n) is 0.944. The molecule has 0 aliphatic carbocycles. The molecule has 0 saturated heterocycles. The average Bonchev–Trinajstić information content (AvgIpc) is 2.11. The Morgan fingerprint density at radius 3 is 2.64 bits per heavy atom. The Morgan fingerprint density at radius 2 is 2.07 bits per heavy atom. The van der Waals surface area contributed by atoms with Gasteiger partial charge in [-0.05, 0) is 54.4 Å². The molecule has 0 amide bonds. The van der Waals surface area contributed by atoms with E-state index in [0.717, 1.165) is 15.7 Å². The molecule has 1 atom stereocenters. The zero-order valence-corrected chi connectivity index (χ0v) is 10.9. The first kappa shape index (κ1) is 11.7. The van der Waals surface area contributed by atoms with Crippen LogP contribution in [0.3, 0.4) is 0 Å². The molecule has 1 aromatic carbocycles. The van der Waals surface area contributed by atoms with E-state index in [4.69, 9.17) is 0 Å². The van der Waals surface area contributed by atoms with Gasteiger partial charge in [0, 0.05) is 9.72 Å². The van der Waals surface area contributed by atoms with Crippen molar-refractivity contribution in [2.75, 3.05) is 4.72 Å². The normalized spacial score (nSPS) is 12.9. The lowest BCUT2D eigenvalue weighted by Gasteiger charge is -2.10. The van der Waals surface area contributed by atoms with Crippen molar-refractivity contribution in [3.8, 4) is 0 Å². The van der Waals surface area contributed by atoms with Gasteiger partial charge in [0.1, 0.15) is 11.0 Å². The van der Waals surface area contributed by atoms with Crippen LogP contribution in [0.25, 0.3) is 0 Å². The SMILES string of the molecule is Cc1ccc(Br)c(NS(=O)C(C)C)c1. The molecule has 4 heteroatoms. The van der Waals surface area contributed by atoms with E-state index < -0.39 is 11.0 Å². The van der Waals surface area contributed by atoms with Crippen molar-refractivity contribution in [1.29, 1.82) is 0 Å². The Hall–Kier alpha value is -0.350. The molecule has 1 N–H and O–H groups in total. The van der Waals surface area contributed by atoms with Crippen molar-refractivity contribution in [3.63, 3.8) is 0 Å². The monoisotopic (exact) mass is 275 g/mol. The van der Waals surface area contributed by atoms with Crippen LogP contribution in [0.2, 0.25) is 0 Å². The molecular weight excluding hydrogens is 262 g/mol. The van der Waals surface area contributed by atoms with Crippen LogP contribution in [0.4, 0.5) is 5.69 Å². The molecule has 14 heavy (non-hydrogen) atoms. The molecular formula is C10H14BrNOS. The van der Waals surface area contributed by atoms with Crippen LogP contribution in [0, 0.1) is 6.92 Å². The standard InChI is InChI=1S/C10H14BrNOS/c1-7(2)14(13)12-10-6-8(3)4-5-9(10)11/h4-7,12H,1-3H3. The third-order valence-corrected chi connectivity index (χ3v) is 3.73. The lowest BCUT2D eigenvalue weighted by molar-refractivity contribution is 0.680. The van der Waals surface area contributed by atoms with E-state index in [2.05, 4.69) is 20.7 Å². The summed E-state index contributed by atoms with van der Waals surface area (Å²) in [6.07, 6.45) is 0. The summed E-state index contributed by atoms with van der Waals surface area (Å²) in [7, 11) is -1.02. The van der Waals surface area contributed by atoms with Crippen LogP contribution in [0.1, 0.15) is 19.4 Å². The summed E-state index contributed by atoms with van der Waals surface area (Å²) in [4.78, 5) is 0. The van der Waals surface area contributed by atoms with Gasteiger partial charge in [-0.1, -0.05) is 6.07 Å². The summed E-state index contributed by atoms with van der Waals surface area (Å²) >= 11 is 3.41. The third kappa shape index (κ3) is 3.10. The van der Waals surface area contributed by atoms with Crippen LogP contribution >= 0.6 is 15.9 Å². The van der Waals surface area contributed by atoms with Crippen LogP contribution in [0.15, 0.2) is 22.7 Å². The summed E-state index contributed by atoms with van der Waals surface area (Å²) in [6, 6.07) is 5.94. The highest BCUT2D eigenvalue weighted by Crippen LogP contribution is 2.24. The van der Waals surface area contributed by atoms with Gasteiger partial charge in [-0.25, -0.2) is 4.21 Å². The Balaban J connectivity index is 2.86. The number of halogens is 1. The maximum Gasteiger partial charge on any atom is 0.119 e. The first-order chi connectivity index (χ1) is 6.50. The van der Waals surface area contributed by atoms with Crippen molar-refractivity contribution in [1.82, 2.24) is 0 Å². The van der Waals surface area contributed by atoms with Gasteiger partial charge in [-0.2, -0.15) is 0 Å². The zero-order chi connectivity index (χ0) is 10.7. The van der Waals surface area contributed by atoms with Gasteiger partial charge in [-0.3, -0.25) is 0 Å². The van der Waals surface area contributed by atoms with E-state index in [0.29, 0.717) is 0 Å². The molecule has 0 fully saturated rings. The second kappa shape index (κ2) is 4.94. The summed E-state index contributed by atoms with van der Waals surface area (Å²) in [5.41, 5.74) is 2.04. The van der Waals surface area contributed by atoms with Gasteiger partial charge < -0.3 is 4.72 Å². The highest BCUT2D eigenvalue weighted by Gasteiger charge is 2.07. The Morgan fingerprint density at radius 1 is 1.43 bits per heavy atom. The molecule has 0 spiro atoms. The topological polar surface area (TPSA) is 29.1 Å². The smallest absolute Gasteiger partial charge is 0.119 e. The maximum absolute atomic E-state index is 11.6. The molecule has 0 heterocycles. The molecule has 1 unspecified atom stereocenters. The number of anilines is 1. The molecule has 0 aromatic heterocycles. The number of hydrogen-bond donors (Lipinski definition) is 1. The van der Waals surface area contributed by atoms with E-state index in [1.807, 2.05) is 39.0 Å². The van der Waals surface area contributed by atoms with Crippen LogP contribution in [-0.2, 0) is 11.0 Å². The van der Waals surface area contributed by atoms with Crippen molar-refractivity contribution >= 4 is 32.6 Å². The van der Waals surface area contributed by atoms with Gasteiger partial charge in [0.25, 0.3) is 0 Å². The van der Waals surface area contributed by atoms with Crippen molar-refractivity contribution in [2.45, 2.75) is 26.0 Å². The molecule has 0 saturated carbocycles. The van der Waals surface area contributed by atoms with E-state index in [1.165, 1.54) is 0 Å². The van der Waals surface area contributed by atoms with Gasteiger partial charge in [0.05, 0.1) is 5.69 Å². The third-order valence-electron chi connectivity index (χ3n) is 1.76. The van der Waals surface area contributed by atoms with E-state index >= 15 is 0 Å². The maximum atomic E-state index is 11.6. The number of hydrogen-bond acceptors (Lipinski definition) is 1. The molecule has 0 aliphatic heterocycles. The summed E-state index contributed by atoms with van der Waals surface area (Å²) in [5, 5.41) is 0.113. The van der Waals surface area contributed by atoms with Crippen molar-refractivity contribution in [3.05, 3.63) is 28.2 Å². The average molecular weight is 276 g/mol. The molecule has 2 nitrogen and oxygen atoms in total. The highest BCUT2D eigenvalue weighted by atomic mass is 79.9. The van der Waals surface area contributed by atoms with Crippen LogP contribution < -0.4 is 4.72 Å². The second-order valence-electron chi connectivity index (χ2n) is 3.43. The summed E-state index contributed by atoms with van der Waals surface area (Å²) in [5.74, 6) is 0. The number of nitrogens with one attached hydrogen (secondary N) is 1. The summed E-state index contributed by atoms with van der Waals surface area (Å²) < 4.78 is 15.5. The number of rotatable bonds is 3. The first-order valence-electron chi connectivity index (χ1n) is 4.44. The lowest BCUT2D eigenvalue weighted by atomic mass is 10.2. The molecule has 1 rings (SSSR count). The summed E-state index contributed by atoms with van der Waals surface area (Å²) in [6.45, 7) is 5.86. The first-order valence-corrected chi connectivity index (χ1v) is 6.44. The molecule has 0 aliphatic rings. The number of benzene rings is 1. The minimum Gasteiger partial charge on any atom is -0.304 e. The van der Waals surface area contributed by atoms with Crippen molar-refractivity contribution in [2.24, 2.45) is 0 Å². The van der Waals surface area contributed by atoms with Gasteiger partial charge in [0.15, 0.2) is 0 Å². The fraction of sp³-hybridized carbons (Fsp3) is 0.400. The Labute approximate surface area is 95.8 Å². The van der Waals surface area contributed by atoms with Crippen molar-refractivity contribution < 1.29 is 4.21 Å². The highest BCUT2D eigenvalue weighted by molar-refractivity contribution is 9.10. The molecule has 78 valence electrons. The fourth-order valence-corrected chi connectivity index (χ4v) is 2.04. The predicted molar refractivity (Wildman–Crippen MR) is 65.8 cm³/mol. The minimum atomic E-state index is -1.02. The van der Waals surface area contributed by atoms with Gasteiger partial charge >= 0.3 is 0 Å². The molecule has 0 bridgehead atoms. The van der Waals surface area contributed by atoms with Crippen LogP contribution in [0.5, 0.6) is 0 Å². The quantitative estimate of drug-likeness (QED) is 0.902. The predicted octanol–water partition coefficient (Wildman–Crippen LogP) is 3.24. The van der Waals surface area contributed by atoms with E-state index in [-0.39, 0.29) is 5.25 Å². The van der Waals surface area contributed by atoms with Gasteiger partial charge in [0.2, 0.25) is 0 Å². The number of aryl methyl sites for hydroxylation is 1. The molecule has 0 radical (unpaired) electrons. The minimum absolute atomic E-state index is 0.113. The lowest BCUT2D eigenvalue weighted by Crippen LogP contribution is -2.14. The van der Waals surface area contributed by atoms with Crippen LogP contribution in [-0.4, -0.2) is 9.46 Å². The Bertz CT molecular complexity index is 352. The molecule has 1 aromatic rings. The largest absolute Gasteiger partial charge is 0.304 e. The second-order valence-corrected chi connectivity index (χ2v) is 6.03.